The normalized spacial score (nSPS) is 15.1. The lowest BCUT2D eigenvalue weighted by Gasteiger charge is -2.17. The summed E-state index contributed by atoms with van der Waals surface area (Å²) >= 11 is 6.19. The van der Waals surface area contributed by atoms with Crippen molar-refractivity contribution in [2.75, 3.05) is 29.2 Å². The molecule has 0 spiro atoms. The van der Waals surface area contributed by atoms with Gasteiger partial charge in [0.1, 0.15) is 12.4 Å². The molecule has 38 heavy (non-hydrogen) atoms. The van der Waals surface area contributed by atoms with Crippen molar-refractivity contribution in [2.45, 2.75) is 31.4 Å². The maximum atomic E-state index is 12.3. The molecule has 0 aliphatic carbocycles. The Balaban J connectivity index is 1.43. The van der Waals surface area contributed by atoms with E-state index in [9.17, 15) is 19.5 Å². The number of urea groups is 1. The van der Waals surface area contributed by atoms with Gasteiger partial charge in [-0.25, -0.2) is 9.59 Å². The van der Waals surface area contributed by atoms with E-state index in [1.807, 2.05) is 36.4 Å². The standard InChI is InChI=1S/C27H30ClN5O5/c28-13-17-14-33(27(36)37)22-12-23(19-4-1-2-5-20(19)24(17)22)38-15-16-7-9-18(10-8-16)32-25(34)21(29)6-3-11-31-26(30)35/h1-2,4-5,7-10,12,17,21H,3,6,11,13-15,29H2,(H,32,34)(H,36,37)(H3,30,31,35). The number of alkyl halides is 1. The van der Waals surface area contributed by atoms with Gasteiger partial charge in [-0.1, -0.05) is 36.4 Å². The highest BCUT2D eigenvalue weighted by molar-refractivity contribution is 6.19. The number of nitrogens with two attached hydrogens (primary N) is 2. The summed E-state index contributed by atoms with van der Waals surface area (Å²) in [7, 11) is 0. The highest BCUT2D eigenvalue weighted by Crippen LogP contribution is 2.45. The summed E-state index contributed by atoms with van der Waals surface area (Å²) in [5, 5.41) is 16.8. The van der Waals surface area contributed by atoms with Crippen LogP contribution >= 0.6 is 11.6 Å². The van der Waals surface area contributed by atoms with Gasteiger partial charge in [-0.15, -0.1) is 11.6 Å². The molecular formula is C27H30ClN5O5. The number of nitrogens with zero attached hydrogens (tertiary/aromatic N) is 1. The Kier molecular flexibility index (Phi) is 8.55. The van der Waals surface area contributed by atoms with Crippen LogP contribution in [-0.4, -0.2) is 48.1 Å². The summed E-state index contributed by atoms with van der Waals surface area (Å²) < 4.78 is 6.16. The van der Waals surface area contributed by atoms with Crippen molar-refractivity contribution in [2.24, 2.45) is 11.5 Å². The van der Waals surface area contributed by atoms with Gasteiger partial charge in [0, 0.05) is 42.0 Å². The van der Waals surface area contributed by atoms with Crippen molar-refractivity contribution >= 4 is 51.8 Å². The molecule has 2 unspecified atom stereocenters. The van der Waals surface area contributed by atoms with E-state index in [2.05, 4.69) is 10.6 Å². The van der Waals surface area contributed by atoms with Gasteiger partial charge in [-0.2, -0.15) is 0 Å². The van der Waals surface area contributed by atoms with E-state index in [4.69, 9.17) is 27.8 Å². The third-order valence-corrected chi connectivity index (χ3v) is 6.86. The first-order chi connectivity index (χ1) is 18.3. The molecule has 11 heteroatoms. The van der Waals surface area contributed by atoms with Gasteiger partial charge in [0.15, 0.2) is 0 Å². The number of carbonyl (C=O) groups excluding carboxylic acids is 2. The lowest BCUT2D eigenvalue weighted by Crippen LogP contribution is -2.37. The molecule has 1 aliphatic heterocycles. The maximum Gasteiger partial charge on any atom is 0.411 e. The molecule has 200 valence electrons. The molecule has 0 bridgehead atoms. The molecule has 4 rings (SSSR count). The smallest absolute Gasteiger partial charge is 0.411 e. The topological polar surface area (TPSA) is 160 Å². The molecule has 1 aliphatic rings. The number of ether oxygens (including phenoxy) is 1. The molecule has 7 N–H and O–H groups in total. The van der Waals surface area contributed by atoms with Crippen LogP contribution in [0.4, 0.5) is 21.0 Å². The highest BCUT2D eigenvalue weighted by Gasteiger charge is 2.34. The summed E-state index contributed by atoms with van der Waals surface area (Å²) in [6.45, 7) is 0.907. The fraction of sp³-hybridized carbons (Fsp3) is 0.296. The molecule has 4 amide bonds. The predicted molar refractivity (Wildman–Crippen MR) is 147 cm³/mol. The number of nitrogens with one attached hydrogen (secondary N) is 2. The quantitative estimate of drug-likeness (QED) is 0.194. The first kappa shape index (κ1) is 27.0. The van der Waals surface area contributed by atoms with Crippen LogP contribution in [-0.2, 0) is 11.4 Å². The molecule has 2 atom stereocenters. The van der Waals surface area contributed by atoms with Crippen LogP contribution in [0.15, 0.2) is 54.6 Å². The van der Waals surface area contributed by atoms with Crippen molar-refractivity contribution < 1.29 is 24.2 Å². The van der Waals surface area contributed by atoms with E-state index in [1.165, 1.54) is 4.90 Å². The zero-order valence-electron chi connectivity index (χ0n) is 20.7. The second kappa shape index (κ2) is 12.0. The van der Waals surface area contributed by atoms with Crippen molar-refractivity contribution in [3.05, 3.63) is 65.7 Å². The predicted octanol–water partition coefficient (Wildman–Crippen LogP) is 3.95. The number of benzene rings is 3. The highest BCUT2D eigenvalue weighted by atomic mass is 35.5. The third-order valence-electron chi connectivity index (χ3n) is 6.49. The Morgan fingerprint density at radius 1 is 1.13 bits per heavy atom. The van der Waals surface area contributed by atoms with Crippen LogP contribution in [0.25, 0.3) is 10.8 Å². The molecule has 0 radical (unpaired) electrons. The summed E-state index contributed by atoms with van der Waals surface area (Å²) in [6, 6.07) is 15.4. The molecule has 0 saturated carbocycles. The van der Waals surface area contributed by atoms with E-state index < -0.39 is 18.2 Å². The summed E-state index contributed by atoms with van der Waals surface area (Å²) in [5.41, 5.74) is 13.9. The molecule has 3 aromatic rings. The van der Waals surface area contributed by atoms with Crippen LogP contribution in [0, 0.1) is 0 Å². The van der Waals surface area contributed by atoms with Gasteiger partial charge in [0.2, 0.25) is 5.91 Å². The zero-order chi connectivity index (χ0) is 27.2. The third kappa shape index (κ3) is 6.09. The van der Waals surface area contributed by atoms with Gasteiger partial charge in [0.25, 0.3) is 0 Å². The van der Waals surface area contributed by atoms with Gasteiger partial charge in [0.05, 0.1) is 11.7 Å². The molecule has 10 nitrogen and oxygen atoms in total. The molecule has 0 aromatic heterocycles. The second-order valence-corrected chi connectivity index (χ2v) is 9.42. The van der Waals surface area contributed by atoms with E-state index in [0.29, 0.717) is 48.9 Å². The fourth-order valence-electron chi connectivity index (χ4n) is 4.58. The van der Waals surface area contributed by atoms with E-state index in [-0.39, 0.29) is 18.4 Å². The number of anilines is 2. The maximum absolute atomic E-state index is 12.3. The SMILES string of the molecule is NC(=O)NCCCC(N)C(=O)Nc1ccc(COc2cc3c(c4ccccc24)C(CCl)CN3C(=O)O)cc1. The second-order valence-electron chi connectivity index (χ2n) is 9.11. The summed E-state index contributed by atoms with van der Waals surface area (Å²) in [6.07, 6.45) is -0.0978. The zero-order valence-corrected chi connectivity index (χ0v) is 21.4. The van der Waals surface area contributed by atoms with Gasteiger partial charge >= 0.3 is 12.1 Å². The van der Waals surface area contributed by atoms with Crippen molar-refractivity contribution in [3.63, 3.8) is 0 Å². The minimum atomic E-state index is -1.03. The Morgan fingerprint density at radius 2 is 1.84 bits per heavy atom. The number of rotatable bonds is 10. The Hall–Kier alpha value is -4.02. The van der Waals surface area contributed by atoms with Crippen molar-refractivity contribution in [1.29, 1.82) is 0 Å². The van der Waals surface area contributed by atoms with Crippen LogP contribution in [0.1, 0.15) is 29.9 Å². The van der Waals surface area contributed by atoms with Gasteiger partial charge in [-0.3, -0.25) is 9.69 Å². The van der Waals surface area contributed by atoms with Crippen LogP contribution in [0.3, 0.4) is 0 Å². The van der Waals surface area contributed by atoms with Crippen LogP contribution < -0.4 is 31.7 Å². The average Bonchev–Trinajstić information content (AvgIpc) is 3.29. The Morgan fingerprint density at radius 3 is 2.50 bits per heavy atom. The number of halogens is 1. The van der Waals surface area contributed by atoms with Crippen molar-refractivity contribution in [3.8, 4) is 5.75 Å². The summed E-state index contributed by atoms with van der Waals surface area (Å²) in [4.78, 5) is 36.2. The number of carboxylic acid groups (broad SMARTS) is 1. The minimum Gasteiger partial charge on any atom is -0.488 e. The van der Waals surface area contributed by atoms with Crippen LogP contribution in [0.5, 0.6) is 5.75 Å². The summed E-state index contributed by atoms with van der Waals surface area (Å²) in [5.74, 6) is 0.483. The van der Waals surface area contributed by atoms with Crippen LogP contribution in [0.2, 0.25) is 0 Å². The average molecular weight is 540 g/mol. The Labute approximate surface area is 224 Å². The van der Waals surface area contributed by atoms with Gasteiger partial charge < -0.3 is 31.9 Å². The number of primary amides is 1. The van der Waals surface area contributed by atoms with E-state index in [1.54, 1.807) is 18.2 Å². The molecule has 0 saturated heterocycles. The number of carbonyl (C=O) groups is 3. The fourth-order valence-corrected chi connectivity index (χ4v) is 4.84. The number of fused-ring (bicyclic) bond motifs is 3. The Bertz CT molecular complexity index is 1330. The minimum absolute atomic E-state index is 0.0931. The van der Waals surface area contributed by atoms with E-state index >= 15 is 0 Å². The first-order valence-corrected chi connectivity index (χ1v) is 12.8. The number of hydrogen-bond acceptors (Lipinski definition) is 5. The first-order valence-electron chi connectivity index (χ1n) is 12.2. The molecular weight excluding hydrogens is 510 g/mol. The lowest BCUT2D eigenvalue weighted by atomic mass is 9.95. The van der Waals surface area contributed by atoms with E-state index in [0.717, 1.165) is 21.9 Å². The molecule has 1 heterocycles. The monoisotopic (exact) mass is 539 g/mol. The number of amides is 4. The molecule has 0 fully saturated rings. The van der Waals surface area contributed by atoms with Gasteiger partial charge in [-0.05, 0) is 41.5 Å². The van der Waals surface area contributed by atoms with Crippen molar-refractivity contribution in [1.82, 2.24) is 5.32 Å². The largest absolute Gasteiger partial charge is 0.488 e. The lowest BCUT2D eigenvalue weighted by molar-refractivity contribution is -0.117. The number of hydrogen-bond donors (Lipinski definition) is 5. The molecule has 3 aromatic carbocycles.